The molecular formula is C53H46N4. The average molecular weight is 739 g/mol. The molecule has 10 rings (SSSR count). The maximum absolute atomic E-state index is 4.53. The molecule has 4 nitrogen and oxygen atoms in total. The first-order valence-corrected chi connectivity index (χ1v) is 19.4. The molecule has 0 fully saturated rings. The van der Waals surface area contributed by atoms with Gasteiger partial charge in [0.2, 0.25) is 0 Å². The molecule has 0 amide bonds. The van der Waals surface area contributed by atoms with Gasteiger partial charge >= 0.3 is 0 Å². The summed E-state index contributed by atoms with van der Waals surface area (Å²) in [5.74, 6) is 0. The molecule has 0 unspecified atom stereocenters. The second-order valence-electron chi connectivity index (χ2n) is 13.7. The number of aromatic nitrogens is 3. The summed E-state index contributed by atoms with van der Waals surface area (Å²) in [6, 6.07) is 45.6. The van der Waals surface area contributed by atoms with Crippen LogP contribution in [0.5, 0.6) is 0 Å². The van der Waals surface area contributed by atoms with Gasteiger partial charge in [-0.1, -0.05) is 121 Å². The van der Waals surface area contributed by atoms with Crippen LogP contribution < -0.4 is 0 Å². The van der Waals surface area contributed by atoms with Gasteiger partial charge in [0.25, 0.3) is 0 Å². The third-order valence-electron chi connectivity index (χ3n) is 10.1. The molecule has 0 aliphatic carbocycles. The largest absolute Gasteiger partial charge is 0.265 e. The Labute approximate surface area is 335 Å². The highest BCUT2D eigenvalue weighted by Crippen LogP contribution is 2.42. The van der Waals surface area contributed by atoms with Gasteiger partial charge in [-0.05, 0) is 130 Å². The molecule has 6 aromatic carbocycles. The van der Waals surface area contributed by atoms with Gasteiger partial charge in [0, 0.05) is 60.3 Å². The smallest absolute Gasteiger partial charge is 0.0708 e. The van der Waals surface area contributed by atoms with Gasteiger partial charge in [-0.25, -0.2) is 0 Å². The topological polar surface area (TPSA) is 51.0 Å². The van der Waals surface area contributed by atoms with Crippen LogP contribution in [0.1, 0.15) is 32.8 Å². The Morgan fingerprint density at radius 1 is 0.509 bits per heavy atom. The summed E-state index contributed by atoms with van der Waals surface area (Å²) in [5, 5.41) is 8.91. The van der Waals surface area contributed by atoms with E-state index in [9.17, 15) is 0 Å². The number of aliphatic imine (C=N–C) groups is 1. The fourth-order valence-electron chi connectivity index (χ4n) is 7.07. The van der Waals surface area contributed by atoms with Gasteiger partial charge in [0.15, 0.2) is 0 Å². The van der Waals surface area contributed by atoms with Crippen LogP contribution in [0.2, 0.25) is 0 Å². The minimum absolute atomic E-state index is 0.993. The lowest BCUT2D eigenvalue weighted by Crippen LogP contribution is -1.90. The average Bonchev–Trinajstić information content (AvgIpc) is 3.29. The standard InChI is InChI=1S/C36H22N2.C7H9N.C6H7N.C4H8/c1-5-28(31-6-3-21-38-34(31)7-1)23-8-10-24(11-9-23)29-16-12-25-15-19-33-30(27-4-2-20-37-22-27)17-13-26-14-18-32(29)35(25)36(26)33;1-2-7-5-3-4-6-8-7;1-6-2-4-7-5-3-6;1-3-4-2/h1-22H;2-4,6H,5H2,1H3;2-5H,1H3;3-4H,1-2H3/b;7-2+;;4-3-. The predicted octanol–water partition coefficient (Wildman–Crippen LogP) is 14.4. The molecule has 0 bridgehead atoms. The molecule has 1 aliphatic heterocycles. The van der Waals surface area contributed by atoms with Crippen LogP contribution >= 0.6 is 0 Å². The van der Waals surface area contributed by atoms with Crippen LogP contribution in [0.4, 0.5) is 0 Å². The second kappa shape index (κ2) is 18.5. The van der Waals surface area contributed by atoms with E-state index in [2.05, 4.69) is 129 Å². The third kappa shape index (κ3) is 8.77. The van der Waals surface area contributed by atoms with E-state index < -0.39 is 0 Å². The first-order valence-electron chi connectivity index (χ1n) is 19.4. The van der Waals surface area contributed by atoms with E-state index in [1.807, 2.05) is 101 Å². The maximum Gasteiger partial charge on any atom is 0.0708 e. The van der Waals surface area contributed by atoms with Gasteiger partial charge in [-0.15, -0.1) is 0 Å². The molecule has 0 N–H and O–H groups in total. The normalized spacial score (nSPS) is 12.7. The number of aryl methyl sites for hydroxylation is 1. The van der Waals surface area contributed by atoms with Crippen LogP contribution in [0.3, 0.4) is 0 Å². The number of allylic oxidation sites excluding steroid dienone is 5. The molecule has 0 saturated carbocycles. The van der Waals surface area contributed by atoms with Gasteiger partial charge in [-0.2, -0.15) is 0 Å². The van der Waals surface area contributed by atoms with E-state index in [1.165, 1.54) is 71.1 Å². The van der Waals surface area contributed by atoms with Crippen LogP contribution in [-0.2, 0) is 0 Å². The molecule has 4 heterocycles. The Morgan fingerprint density at radius 2 is 1.12 bits per heavy atom. The fraction of sp³-hybridized carbons (Fsp3) is 0.0943. The van der Waals surface area contributed by atoms with Crippen molar-refractivity contribution in [2.75, 3.05) is 0 Å². The number of dihydropyridines is 1. The fourth-order valence-corrected chi connectivity index (χ4v) is 7.07. The minimum Gasteiger partial charge on any atom is -0.265 e. The van der Waals surface area contributed by atoms with Gasteiger partial charge in [-0.3, -0.25) is 19.9 Å². The van der Waals surface area contributed by atoms with E-state index in [4.69, 9.17) is 0 Å². The molecule has 57 heavy (non-hydrogen) atoms. The predicted molar refractivity (Wildman–Crippen MR) is 245 cm³/mol. The summed E-state index contributed by atoms with van der Waals surface area (Å²) >= 11 is 0. The summed E-state index contributed by atoms with van der Waals surface area (Å²) in [6.45, 7) is 8.05. The summed E-state index contributed by atoms with van der Waals surface area (Å²) in [4.78, 5) is 16.8. The van der Waals surface area contributed by atoms with Crippen molar-refractivity contribution in [2.24, 2.45) is 4.99 Å². The van der Waals surface area contributed by atoms with E-state index >= 15 is 0 Å². The molecule has 9 aromatic rings. The van der Waals surface area contributed by atoms with E-state index in [-0.39, 0.29) is 0 Å². The molecule has 0 atom stereocenters. The van der Waals surface area contributed by atoms with Crippen molar-refractivity contribution < 1.29 is 0 Å². The monoisotopic (exact) mass is 738 g/mol. The number of rotatable bonds is 3. The van der Waals surface area contributed by atoms with Crippen molar-refractivity contribution in [3.63, 3.8) is 0 Å². The number of nitrogens with zero attached hydrogens (tertiary/aromatic N) is 4. The Morgan fingerprint density at radius 3 is 1.65 bits per heavy atom. The zero-order chi connectivity index (χ0) is 39.4. The van der Waals surface area contributed by atoms with Crippen LogP contribution in [-0.4, -0.2) is 21.2 Å². The molecule has 0 radical (unpaired) electrons. The van der Waals surface area contributed by atoms with E-state index in [0.29, 0.717) is 0 Å². The molecule has 278 valence electrons. The Bertz CT molecular complexity index is 2820. The van der Waals surface area contributed by atoms with Gasteiger partial charge in [0.05, 0.1) is 5.52 Å². The lowest BCUT2D eigenvalue weighted by molar-refractivity contribution is 1.15. The summed E-state index contributed by atoms with van der Waals surface area (Å²) < 4.78 is 0. The maximum atomic E-state index is 4.53. The van der Waals surface area contributed by atoms with Crippen molar-refractivity contribution in [1.29, 1.82) is 0 Å². The number of benzene rings is 6. The lowest BCUT2D eigenvalue weighted by atomic mass is 9.87. The minimum atomic E-state index is 0.993. The second-order valence-corrected chi connectivity index (χ2v) is 13.7. The SMILES string of the molecule is C/C=C1\CC=CC=N1.C/C=C\C.Cc1ccncc1.c1cncc(-c2ccc3ccc4c(-c5ccc(-c6cccc7ncccc67)cc5)ccc5ccc2c3c54)c1. The van der Waals surface area contributed by atoms with Crippen LogP contribution in [0.15, 0.2) is 199 Å². The molecule has 4 heteroatoms. The first kappa shape index (κ1) is 38.2. The summed E-state index contributed by atoms with van der Waals surface area (Å²) in [7, 11) is 0. The molecule has 0 saturated heterocycles. The Kier molecular flexibility index (Phi) is 12.4. The summed E-state index contributed by atoms with van der Waals surface area (Å²) in [5.41, 5.74) is 10.7. The van der Waals surface area contributed by atoms with Crippen molar-refractivity contribution >= 4 is 49.4 Å². The lowest BCUT2D eigenvalue weighted by Gasteiger charge is -2.16. The number of fused-ring (bicyclic) bond motifs is 1. The van der Waals surface area contributed by atoms with Gasteiger partial charge < -0.3 is 0 Å². The Balaban J connectivity index is 0.000000215. The van der Waals surface area contributed by atoms with Crippen molar-refractivity contribution in [2.45, 2.75) is 34.1 Å². The quantitative estimate of drug-likeness (QED) is 0.134. The first-order chi connectivity index (χ1) is 28.1. The number of hydrogen-bond donors (Lipinski definition) is 0. The number of hydrogen-bond acceptors (Lipinski definition) is 4. The molecule has 1 aliphatic rings. The van der Waals surface area contributed by atoms with E-state index in [0.717, 1.165) is 23.2 Å². The highest BCUT2D eigenvalue weighted by molar-refractivity contribution is 6.27. The molecule has 0 spiro atoms. The highest BCUT2D eigenvalue weighted by Gasteiger charge is 2.15. The van der Waals surface area contributed by atoms with E-state index in [1.54, 1.807) is 12.4 Å². The summed E-state index contributed by atoms with van der Waals surface area (Å²) in [6.07, 6.45) is 22.1. The van der Waals surface area contributed by atoms with Crippen molar-refractivity contribution in [1.82, 2.24) is 15.0 Å². The van der Waals surface area contributed by atoms with Crippen LogP contribution in [0.25, 0.3) is 76.6 Å². The van der Waals surface area contributed by atoms with Crippen LogP contribution in [0, 0.1) is 6.92 Å². The molecular weight excluding hydrogens is 693 g/mol. The zero-order valence-electron chi connectivity index (χ0n) is 33.0. The zero-order valence-corrected chi connectivity index (χ0v) is 33.0. The van der Waals surface area contributed by atoms with Crippen molar-refractivity contribution in [3.8, 4) is 33.4 Å². The van der Waals surface area contributed by atoms with Gasteiger partial charge in [0.1, 0.15) is 0 Å². The highest BCUT2D eigenvalue weighted by atomic mass is 14.7. The van der Waals surface area contributed by atoms with Crippen molar-refractivity contribution in [3.05, 3.63) is 200 Å². The third-order valence-corrected chi connectivity index (χ3v) is 10.1. The number of pyridine rings is 3. The Hall–Kier alpha value is -7.04. The molecule has 3 aromatic heterocycles.